The zero-order valence-electron chi connectivity index (χ0n) is 6.29. The first-order valence-electron chi connectivity index (χ1n) is 3.49. The van der Waals surface area contributed by atoms with Crippen LogP contribution in [0.5, 0.6) is 0 Å². The van der Waals surface area contributed by atoms with Crippen molar-refractivity contribution in [1.82, 2.24) is 0 Å². The molecular weight excluding hydrogens is 132 g/mol. The molecule has 0 amide bonds. The maximum absolute atomic E-state index is 10.9. The van der Waals surface area contributed by atoms with E-state index >= 15 is 0 Å². The standard InChI is InChI=1S/C7H12O3/c1-3-10-7(8)5-4-6(5)9-2/h5-6H,3-4H2,1-2H3/t5-,6-/m1/s1. The van der Waals surface area contributed by atoms with Crippen LogP contribution in [-0.2, 0) is 14.3 Å². The first-order valence-corrected chi connectivity index (χ1v) is 3.49. The van der Waals surface area contributed by atoms with Gasteiger partial charge < -0.3 is 9.47 Å². The quantitative estimate of drug-likeness (QED) is 0.544. The second kappa shape index (κ2) is 3.01. The summed E-state index contributed by atoms with van der Waals surface area (Å²) in [5.41, 5.74) is 0. The van der Waals surface area contributed by atoms with Crippen molar-refractivity contribution in [3.8, 4) is 0 Å². The molecule has 0 saturated heterocycles. The van der Waals surface area contributed by atoms with Gasteiger partial charge in [-0.2, -0.15) is 0 Å². The highest BCUT2D eigenvalue weighted by Crippen LogP contribution is 2.33. The smallest absolute Gasteiger partial charge is 0.311 e. The number of hydrogen-bond donors (Lipinski definition) is 0. The molecule has 3 nitrogen and oxygen atoms in total. The van der Waals surface area contributed by atoms with Crippen molar-refractivity contribution >= 4 is 5.97 Å². The van der Waals surface area contributed by atoms with Crippen LogP contribution in [0.3, 0.4) is 0 Å². The fourth-order valence-corrected chi connectivity index (χ4v) is 0.930. The molecule has 0 N–H and O–H groups in total. The summed E-state index contributed by atoms with van der Waals surface area (Å²) in [4.78, 5) is 10.9. The van der Waals surface area contributed by atoms with Gasteiger partial charge in [-0.3, -0.25) is 4.79 Å². The molecule has 1 fully saturated rings. The molecule has 2 atom stereocenters. The number of carbonyl (C=O) groups excluding carboxylic acids is 1. The molecule has 0 heterocycles. The van der Waals surface area contributed by atoms with Crippen LogP contribution in [-0.4, -0.2) is 25.8 Å². The van der Waals surface area contributed by atoms with Crippen molar-refractivity contribution in [1.29, 1.82) is 0 Å². The molecule has 0 spiro atoms. The number of ether oxygens (including phenoxy) is 2. The van der Waals surface area contributed by atoms with Gasteiger partial charge in [0.1, 0.15) is 0 Å². The molecule has 0 aromatic heterocycles. The van der Waals surface area contributed by atoms with Crippen LogP contribution in [0.25, 0.3) is 0 Å². The van der Waals surface area contributed by atoms with E-state index in [-0.39, 0.29) is 18.0 Å². The van der Waals surface area contributed by atoms with Gasteiger partial charge in [-0.1, -0.05) is 0 Å². The molecule has 1 aliphatic rings. The highest BCUT2D eigenvalue weighted by Gasteiger charge is 2.44. The highest BCUT2D eigenvalue weighted by atomic mass is 16.5. The Kier molecular flexibility index (Phi) is 2.27. The van der Waals surface area contributed by atoms with Gasteiger partial charge in [-0.15, -0.1) is 0 Å². The molecule has 1 rings (SSSR count). The average Bonchev–Trinajstić information content (AvgIpc) is 2.66. The fraction of sp³-hybridized carbons (Fsp3) is 0.857. The Morgan fingerprint density at radius 1 is 1.70 bits per heavy atom. The van der Waals surface area contributed by atoms with Crippen LogP contribution in [0, 0.1) is 5.92 Å². The number of esters is 1. The first kappa shape index (κ1) is 7.54. The summed E-state index contributed by atoms with van der Waals surface area (Å²) in [6.45, 7) is 2.27. The zero-order chi connectivity index (χ0) is 7.56. The van der Waals surface area contributed by atoms with Crippen LogP contribution in [0.15, 0.2) is 0 Å². The molecule has 1 saturated carbocycles. The topological polar surface area (TPSA) is 35.5 Å². The van der Waals surface area contributed by atoms with E-state index in [9.17, 15) is 4.79 Å². The monoisotopic (exact) mass is 144 g/mol. The molecule has 0 bridgehead atoms. The molecule has 0 aromatic carbocycles. The Morgan fingerprint density at radius 3 is 2.80 bits per heavy atom. The van der Waals surface area contributed by atoms with Crippen molar-refractivity contribution in [2.24, 2.45) is 5.92 Å². The van der Waals surface area contributed by atoms with Crippen LogP contribution in [0.2, 0.25) is 0 Å². The summed E-state index contributed by atoms with van der Waals surface area (Å²) >= 11 is 0. The van der Waals surface area contributed by atoms with Crippen LogP contribution in [0.1, 0.15) is 13.3 Å². The Morgan fingerprint density at radius 2 is 2.40 bits per heavy atom. The van der Waals surface area contributed by atoms with Gasteiger partial charge in [0.25, 0.3) is 0 Å². The third-order valence-electron chi connectivity index (χ3n) is 1.62. The highest BCUT2D eigenvalue weighted by molar-refractivity contribution is 5.76. The van der Waals surface area contributed by atoms with Crippen LogP contribution in [0.4, 0.5) is 0 Å². The lowest BCUT2D eigenvalue weighted by atomic mass is 10.4. The Hall–Kier alpha value is -0.570. The molecule has 0 aliphatic heterocycles. The van der Waals surface area contributed by atoms with E-state index in [1.54, 1.807) is 7.11 Å². The number of carbonyl (C=O) groups is 1. The molecule has 0 radical (unpaired) electrons. The normalized spacial score (nSPS) is 29.8. The Labute approximate surface area is 60.3 Å². The van der Waals surface area contributed by atoms with Crippen molar-refractivity contribution < 1.29 is 14.3 Å². The summed E-state index contributed by atoms with van der Waals surface area (Å²) in [6, 6.07) is 0. The Bertz CT molecular complexity index is 133. The molecule has 58 valence electrons. The van der Waals surface area contributed by atoms with Gasteiger partial charge in [-0.05, 0) is 13.3 Å². The summed E-state index contributed by atoms with van der Waals surface area (Å²) in [7, 11) is 1.61. The SMILES string of the molecule is CCOC(=O)[C@@H]1C[C@H]1OC. The van der Waals surface area contributed by atoms with Gasteiger partial charge >= 0.3 is 5.97 Å². The number of methoxy groups -OCH3 is 1. The maximum Gasteiger partial charge on any atom is 0.311 e. The largest absolute Gasteiger partial charge is 0.466 e. The summed E-state index contributed by atoms with van der Waals surface area (Å²) in [6.07, 6.45) is 0.953. The van der Waals surface area contributed by atoms with Gasteiger partial charge in [-0.25, -0.2) is 0 Å². The van der Waals surface area contributed by atoms with Crippen molar-refractivity contribution in [3.63, 3.8) is 0 Å². The van der Waals surface area contributed by atoms with E-state index in [0.717, 1.165) is 6.42 Å². The van der Waals surface area contributed by atoms with E-state index < -0.39 is 0 Å². The minimum atomic E-state index is -0.116. The van der Waals surface area contributed by atoms with Crippen molar-refractivity contribution in [2.45, 2.75) is 19.4 Å². The summed E-state index contributed by atoms with van der Waals surface area (Å²) in [5.74, 6) is -0.0979. The lowest BCUT2D eigenvalue weighted by Crippen LogP contribution is -2.09. The minimum Gasteiger partial charge on any atom is -0.466 e. The van der Waals surface area contributed by atoms with E-state index in [1.807, 2.05) is 6.92 Å². The lowest BCUT2D eigenvalue weighted by Gasteiger charge is -1.98. The maximum atomic E-state index is 10.9. The lowest BCUT2D eigenvalue weighted by molar-refractivity contribution is -0.145. The fourth-order valence-electron chi connectivity index (χ4n) is 0.930. The van der Waals surface area contributed by atoms with Gasteiger partial charge in [0.2, 0.25) is 0 Å². The van der Waals surface area contributed by atoms with Crippen molar-refractivity contribution in [3.05, 3.63) is 0 Å². The third-order valence-corrected chi connectivity index (χ3v) is 1.62. The first-order chi connectivity index (χ1) is 4.79. The minimum absolute atomic E-state index is 0.0185. The summed E-state index contributed by atoms with van der Waals surface area (Å²) in [5, 5.41) is 0. The van der Waals surface area contributed by atoms with E-state index in [1.165, 1.54) is 0 Å². The van der Waals surface area contributed by atoms with E-state index in [2.05, 4.69) is 0 Å². The predicted octanol–water partition coefficient (Wildman–Crippen LogP) is 0.584. The van der Waals surface area contributed by atoms with Gasteiger partial charge in [0, 0.05) is 7.11 Å². The van der Waals surface area contributed by atoms with E-state index in [4.69, 9.17) is 9.47 Å². The molecular formula is C7H12O3. The van der Waals surface area contributed by atoms with Gasteiger partial charge in [0.15, 0.2) is 0 Å². The second-order valence-corrected chi connectivity index (χ2v) is 2.37. The molecule has 1 aliphatic carbocycles. The molecule has 10 heavy (non-hydrogen) atoms. The molecule has 3 heteroatoms. The zero-order valence-corrected chi connectivity index (χ0v) is 6.29. The average molecular weight is 144 g/mol. The van der Waals surface area contributed by atoms with Crippen molar-refractivity contribution in [2.75, 3.05) is 13.7 Å². The van der Waals surface area contributed by atoms with Gasteiger partial charge in [0.05, 0.1) is 18.6 Å². The summed E-state index contributed by atoms with van der Waals surface area (Å²) < 4.78 is 9.72. The number of rotatable bonds is 3. The second-order valence-electron chi connectivity index (χ2n) is 2.37. The molecule has 0 aromatic rings. The van der Waals surface area contributed by atoms with Crippen LogP contribution >= 0.6 is 0 Å². The van der Waals surface area contributed by atoms with E-state index in [0.29, 0.717) is 6.61 Å². The molecule has 0 unspecified atom stereocenters. The van der Waals surface area contributed by atoms with Crippen LogP contribution < -0.4 is 0 Å². The number of hydrogen-bond acceptors (Lipinski definition) is 3. The predicted molar refractivity (Wildman–Crippen MR) is 35.5 cm³/mol. The third kappa shape index (κ3) is 1.48. The Balaban J connectivity index is 2.19.